The van der Waals surface area contributed by atoms with Crippen molar-refractivity contribution in [1.29, 1.82) is 0 Å². The van der Waals surface area contributed by atoms with Crippen LogP contribution < -0.4 is 4.90 Å². The SMILES string of the molecule is O=C1CCCN1c1cccc(CC(=O)N2C[C@H](O)C[C@H]2CO)c1. The summed E-state index contributed by atoms with van der Waals surface area (Å²) in [5.74, 6) is 0.0157. The molecule has 6 heteroatoms. The highest BCUT2D eigenvalue weighted by atomic mass is 16.3. The first-order valence-corrected chi connectivity index (χ1v) is 8.06. The minimum atomic E-state index is -0.565. The van der Waals surface area contributed by atoms with Crippen LogP contribution >= 0.6 is 0 Å². The summed E-state index contributed by atoms with van der Waals surface area (Å²) >= 11 is 0. The van der Waals surface area contributed by atoms with Crippen molar-refractivity contribution in [1.82, 2.24) is 4.90 Å². The molecular weight excluding hydrogens is 296 g/mol. The van der Waals surface area contributed by atoms with E-state index < -0.39 is 6.10 Å². The van der Waals surface area contributed by atoms with Crippen LogP contribution in [0, 0.1) is 0 Å². The molecule has 2 saturated heterocycles. The Balaban J connectivity index is 1.70. The summed E-state index contributed by atoms with van der Waals surface area (Å²) in [6, 6.07) is 7.17. The summed E-state index contributed by atoms with van der Waals surface area (Å²) in [5.41, 5.74) is 1.67. The van der Waals surface area contributed by atoms with Gasteiger partial charge >= 0.3 is 0 Å². The number of rotatable bonds is 4. The minimum absolute atomic E-state index is 0.106. The van der Waals surface area contributed by atoms with E-state index in [0.717, 1.165) is 24.2 Å². The predicted octanol–water partition coefficient (Wildman–Crippen LogP) is 0.310. The van der Waals surface area contributed by atoms with E-state index in [1.165, 1.54) is 0 Å². The molecule has 1 aromatic rings. The number of nitrogens with zero attached hydrogens (tertiary/aromatic N) is 2. The van der Waals surface area contributed by atoms with Crippen LogP contribution in [0.3, 0.4) is 0 Å². The fraction of sp³-hybridized carbons (Fsp3) is 0.529. The predicted molar refractivity (Wildman–Crippen MR) is 84.9 cm³/mol. The molecule has 0 bridgehead atoms. The number of amides is 2. The lowest BCUT2D eigenvalue weighted by Gasteiger charge is -2.23. The van der Waals surface area contributed by atoms with Crippen LogP contribution in [0.1, 0.15) is 24.8 Å². The zero-order chi connectivity index (χ0) is 16.4. The minimum Gasteiger partial charge on any atom is -0.394 e. The second-order valence-electron chi connectivity index (χ2n) is 6.27. The van der Waals surface area contributed by atoms with E-state index in [2.05, 4.69) is 0 Å². The van der Waals surface area contributed by atoms with Gasteiger partial charge in [-0.25, -0.2) is 0 Å². The summed E-state index contributed by atoms with van der Waals surface area (Å²) in [6.07, 6.45) is 1.51. The van der Waals surface area contributed by atoms with Crippen LogP contribution in [0.5, 0.6) is 0 Å². The van der Waals surface area contributed by atoms with Crippen molar-refractivity contribution in [2.45, 2.75) is 37.8 Å². The molecule has 124 valence electrons. The average molecular weight is 318 g/mol. The Morgan fingerprint density at radius 2 is 2.17 bits per heavy atom. The van der Waals surface area contributed by atoms with Crippen molar-refractivity contribution in [2.75, 3.05) is 24.6 Å². The van der Waals surface area contributed by atoms with Gasteiger partial charge in [-0.15, -0.1) is 0 Å². The number of likely N-dealkylation sites (tertiary alicyclic amines) is 1. The molecular formula is C17H22N2O4. The molecule has 2 atom stereocenters. The van der Waals surface area contributed by atoms with Crippen LogP contribution in [0.15, 0.2) is 24.3 Å². The van der Waals surface area contributed by atoms with Gasteiger partial charge < -0.3 is 20.0 Å². The lowest BCUT2D eigenvalue weighted by Crippen LogP contribution is -2.38. The maximum absolute atomic E-state index is 12.4. The normalized spacial score (nSPS) is 24.5. The van der Waals surface area contributed by atoms with E-state index in [9.17, 15) is 19.8 Å². The number of carbonyl (C=O) groups is 2. The standard InChI is InChI=1S/C17H22N2O4/c20-11-14-9-15(21)10-19(14)17(23)8-12-3-1-4-13(7-12)18-6-2-5-16(18)22/h1,3-4,7,14-15,20-21H,2,5-6,8-11H2/t14-,15+/m0/s1. The Kier molecular flexibility index (Phi) is 4.63. The molecule has 3 rings (SSSR count). The number of hydrogen-bond acceptors (Lipinski definition) is 4. The molecule has 2 aliphatic rings. The van der Waals surface area contributed by atoms with Gasteiger partial charge in [0.15, 0.2) is 0 Å². The lowest BCUT2D eigenvalue weighted by atomic mass is 10.1. The molecule has 2 N–H and O–H groups in total. The van der Waals surface area contributed by atoms with Gasteiger partial charge in [-0.3, -0.25) is 9.59 Å². The summed E-state index contributed by atoms with van der Waals surface area (Å²) in [7, 11) is 0. The molecule has 0 unspecified atom stereocenters. The van der Waals surface area contributed by atoms with Crippen LogP contribution in [-0.4, -0.2) is 58.8 Å². The number of aliphatic hydroxyl groups is 2. The van der Waals surface area contributed by atoms with Gasteiger partial charge in [0.05, 0.1) is 25.2 Å². The van der Waals surface area contributed by atoms with E-state index in [0.29, 0.717) is 12.8 Å². The molecule has 1 aromatic carbocycles. The average Bonchev–Trinajstić information content (AvgIpc) is 3.13. The molecule has 2 fully saturated rings. The molecule has 0 aromatic heterocycles. The zero-order valence-electron chi connectivity index (χ0n) is 13.0. The highest BCUT2D eigenvalue weighted by Crippen LogP contribution is 2.24. The second-order valence-corrected chi connectivity index (χ2v) is 6.27. The van der Waals surface area contributed by atoms with Crippen molar-refractivity contribution >= 4 is 17.5 Å². The highest BCUT2D eigenvalue weighted by Gasteiger charge is 2.33. The van der Waals surface area contributed by atoms with Crippen LogP contribution in [-0.2, 0) is 16.0 Å². The summed E-state index contributed by atoms with van der Waals surface area (Å²) in [6.45, 7) is 0.862. The quantitative estimate of drug-likeness (QED) is 0.837. The number of carbonyl (C=O) groups excluding carboxylic acids is 2. The van der Waals surface area contributed by atoms with Gasteiger partial charge in [-0.1, -0.05) is 12.1 Å². The number of anilines is 1. The molecule has 2 aliphatic heterocycles. The van der Waals surface area contributed by atoms with Gasteiger partial charge in [0.2, 0.25) is 11.8 Å². The third kappa shape index (κ3) is 3.38. The number of β-amino-alcohol motifs (C(OH)–C–C–N with tert-alkyl or cyclic N) is 1. The lowest BCUT2D eigenvalue weighted by molar-refractivity contribution is -0.132. The Morgan fingerprint density at radius 3 is 2.87 bits per heavy atom. The molecule has 0 aliphatic carbocycles. The van der Waals surface area contributed by atoms with E-state index in [4.69, 9.17) is 0 Å². The zero-order valence-corrected chi connectivity index (χ0v) is 13.0. The van der Waals surface area contributed by atoms with E-state index in [1.54, 1.807) is 9.80 Å². The Morgan fingerprint density at radius 1 is 1.35 bits per heavy atom. The van der Waals surface area contributed by atoms with Gasteiger partial charge in [-0.2, -0.15) is 0 Å². The monoisotopic (exact) mass is 318 g/mol. The Hall–Kier alpha value is -1.92. The van der Waals surface area contributed by atoms with Gasteiger partial charge in [-0.05, 0) is 30.5 Å². The Labute approximate surface area is 135 Å². The smallest absolute Gasteiger partial charge is 0.227 e. The van der Waals surface area contributed by atoms with Crippen LogP contribution in [0.25, 0.3) is 0 Å². The first-order chi connectivity index (χ1) is 11.1. The Bertz CT molecular complexity index is 604. The van der Waals surface area contributed by atoms with Gasteiger partial charge in [0.1, 0.15) is 0 Å². The summed E-state index contributed by atoms with van der Waals surface area (Å²) in [5, 5.41) is 19.0. The van der Waals surface area contributed by atoms with E-state index in [-0.39, 0.29) is 37.4 Å². The van der Waals surface area contributed by atoms with Crippen molar-refractivity contribution in [2.24, 2.45) is 0 Å². The molecule has 0 saturated carbocycles. The molecule has 0 radical (unpaired) electrons. The molecule has 6 nitrogen and oxygen atoms in total. The van der Waals surface area contributed by atoms with Crippen molar-refractivity contribution in [3.63, 3.8) is 0 Å². The number of aliphatic hydroxyl groups excluding tert-OH is 2. The largest absolute Gasteiger partial charge is 0.394 e. The van der Waals surface area contributed by atoms with Gasteiger partial charge in [0, 0.05) is 25.2 Å². The highest BCUT2D eigenvalue weighted by molar-refractivity contribution is 5.95. The van der Waals surface area contributed by atoms with E-state index >= 15 is 0 Å². The number of benzene rings is 1. The van der Waals surface area contributed by atoms with Crippen molar-refractivity contribution in [3.8, 4) is 0 Å². The van der Waals surface area contributed by atoms with Crippen LogP contribution in [0.2, 0.25) is 0 Å². The molecule has 2 heterocycles. The molecule has 2 amide bonds. The fourth-order valence-electron chi connectivity index (χ4n) is 3.40. The third-order valence-electron chi connectivity index (χ3n) is 4.57. The summed E-state index contributed by atoms with van der Waals surface area (Å²) in [4.78, 5) is 27.6. The summed E-state index contributed by atoms with van der Waals surface area (Å²) < 4.78 is 0. The number of hydrogen-bond donors (Lipinski definition) is 2. The molecule has 0 spiro atoms. The van der Waals surface area contributed by atoms with Gasteiger partial charge in [0.25, 0.3) is 0 Å². The van der Waals surface area contributed by atoms with E-state index in [1.807, 2.05) is 24.3 Å². The third-order valence-corrected chi connectivity index (χ3v) is 4.57. The fourth-order valence-corrected chi connectivity index (χ4v) is 3.40. The molecule has 23 heavy (non-hydrogen) atoms. The first-order valence-electron chi connectivity index (χ1n) is 8.06. The first kappa shape index (κ1) is 16.0. The van der Waals surface area contributed by atoms with Crippen molar-refractivity contribution in [3.05, 3.63) is 29.8 Å². The second kappa shape index (κ2) is 6.68. The topological polar surface area (TPSA) is 81.1 Å². The maximum atomic E-state index is 12.4. The van der Waals surface area contributed by atoms with Crippen molar-refractivity contribution < 1.29 is 19.8 Å². The van der Waals surface area contributed by atoms with Crippen LogP contribution in [0.4, 0.5) is 5.69 Å². The maximum Gasteiger partial charge on any atom is 0.227 e.